The van der Waals surface area contributed by atoms with E-state index in [2.05, 4.69) is 33.0 Å². The van der Waals surface area contributed by atoms with Gasteiger partial charge < -0.3 is 10.3 Å². The van der Waals surface area contributed by atoms with Gasteiger partial charge >= 0.3 is 0 Å². The number of nitrogens with zero attached hydrogens (tertiary/aromatic N) is 2. The first-order valence-electron chi connectivity index (χ1n) is 5.96. The van der Waals surface area contributed by atoms with E-state index in [0.29, 0.717) is 11.7 Å². The average Bonchev–Trinajstić information content (AvgIpc) is 2.82. The Morgan fingerprint density at radius 2 is 2.22 bits per heavy atom. The standard InChI is InChI=1S/C13H16BrN3O/c1-3-5-10(14)13-16-12(17-18-13)9-6-4-7-11(15)8(9)2/h4,6-7,10H,3,5,15H2,1-2H3. The molecule has 18 heavy (non-hydrogen) atoms. The van der Waals surface area contributed by atoms with Gasteiger partial charge in [0.2, 0.25) is 11.7 Å². The molecule has 96 valence electrons. The first-order chi connectivity index (χ1) is 8.63. The van der Waals surface area contributed by atoms with E-state index in [-0.39, 0.29) is 4.83 Å². The minimum absolute atomic E-state index is 0.116. The van der Waals surface area contributed by atoms with E-state index in [1.54, 1.807) is 0 Å². The number of hydrogen-bond acceptors (Lipinski definition) is 4. The van der Waals surface area contributed by atoms with Gasteiger partial charge in [-0.2, -0.15) is 4.98 Å². The van der Waals surface area contributed by atoms with Gasteiger partial charge in [0.15, 0.2) is 0 Å². The number of alkyl halides is 1. The van der Waals surface area contributed by atoms with Crippen LogP contribution in [0.4, 0.5) is 5.69 Å². The van der Waals surface area contributed by atoms with Crippen LogP contribution in [-0.2, 0) is 0 Å². The van der Waals surface area contributed by atoms with E-state index in [4.69, 9.17) is 10.3 Å². The summed E-state index contributed by atoms with van der Waals surface area (Å²) in [5.41, 5.74) is 8.51. The largest absolute Gasteiger partial charge is 0.398 e. The quantitative estimate of drug-likeness (QED) is 0.688. The molecule has 1 aromatic heterocycles. The second-order valence-electron chi connectivity index (χ2n) is 4.23. The van der Waals surface area contributed by atoms with Crippen LogP contribution in [-0.4, -0.2) is 10.1 Å². The van der Waals surface area contributed by atoms with Crippen molar-refractivity contribution in [1.29, 1.82) is 0 Å². The Labute approximate surface area is 115 Å². The highest BCUT2D eigenvalue weighted by molar-refractivity contribution is 9.09. The lowest BCUT2D eigenvalue weighted by Crippen LogP contribution is -1.93. The highest BCUT2D eigenvalue weighted by atomic mass is 79.9. The smallest absolute Gasteiger partial charge is 0.240 e. The Balaban J connectivity index is 2.32. The van der Waals surface area contributed by atoms with E-state index >= 15 is 0 Å². The van der Waals surface area contributed by atoms with Gasteiger partial charge in [-0.25, -0.2) is 0 Å². The third-order valence-electron chi connectivity index (χ3n) is 2.87. The fourth-order valence-corrected chi connectivity index (χ4v) is 2.39. The maximum absolute atomic E-state index is 5.88. The third-order valence-corrected chi connectivity index (χ3v) is 3.72. The van der Waals surface area contributed by atoms with Crippen LogP contribution >= 0.6 is 15.9 Å². The number of benzene rings is 1. The molecule has 4 nitrogen and oxygen atoms in total. The summed E-state index contributed by atoms with van der Waals surface area (Å²) in [5.74, 6) is 1.21. The highest BCUT2D eigenvalue weighted by Gasteiger charge is 2.17. The Morgan fingerprint density at radius 1 is 1.44 bits per heavy atom. The molecule has 0 bridgehead atoms. The summed E-state index contributed by atoms with van der Waals surface area (Å²) in [4.78, 5) is 4.54. The number of hydrogen-bond donors (Lipinski definition) is 1. The molecule has 0 aliphatic carbocycles. The molecule has 0 spiro atoms. The van der Waals surface area contributed by atoms with Crippen molar-refractivity contribution in [2.24, 2.45) is 0 Å². The van der Waals surface area contributed by atoms with Crippen LogP contribution in [0.3, 0.4) is 0 Å². The van der Waals surface area contributed by atoms with Gasteiger partial charge in [-0.15, -0.1) is 0 Å². The van der Waals surface area contributed by atoms with Crippen molar-refractivity contribution < 1.29 is 4.52 Å². The van der Waals surface area contributed by atoms with Gasteiger partial charge in [0.05, 0.1) is 4.83 Å². The van der Waals surface area contributed by atoms with Crippen LogP contribution < -0.4 is 5.73 Å². The topological polar surface area (TPSA) is 64.9 Å². The highest BCUT2D eigenvalue weighted by Crippen LogP contribution is 2.30. The van der Waals surface area contributed by atoms with Crippen molar-refractivity contribution in [3.8, 4) is 11.4 Å². The molecule has 0 aliphatic rings. The van der Waals surface area contributed by atoms with Crippen LogP contribution in [0.5, 0.6) is 0 Å². The fourth-order valence-electron chi connectivity index (χ4n) is 1.74. The minimum Gasteiger partial charge on any atom is -0.398 e. The van der Waals surface area contributed by atoms with Crippen LogP contribution in [0.1, 0.15) is 36.0 Å². The molecule has 2 aromatic rings. The molecule has 2 rings (SSSR count). The van der Waals surface area contributed by atoms with E-state index in [0.717, 1.165) is 29.7 Å². The summed E-state index contributed by atoms with van der Waals surface area (Å²) in [6.45, 7) is 4.08. The molecule has 1 heterocycles. The van der Waals surface area contributed by atoms with Gasteiger partial charge in [0.1, 0.15) is 0 Å². The monoisotopic (exact) mass is 309 g/mol. The number of nitrogen functional groups attached to an aromatic ring is 1. The van der Waals surface area contributed by atoms with E-state index in [1.165, 1.54) is 0 Å². The first-order valence-corrected chi connectivity index (χ1v) is 6.88. The van der Waals surface area contributed by atoms with E-state index in [9.17, 15) is 0 Å². The fraction of sp³-hybridized carbons (Fsp3) is 0.385. The number of anilines is 1. The Bertz CT molecular complexity index is 539. The van der Waals surface area contributed by atoms with Gasteiger partial charge in [0, 0.05) is 11.3 Å². The summed E-state index contributed by atoms with van der Waals surface area (Å²) in [7, 11) is 0. The van der Waals surface area contributed by atoms with Crippen molar-refractivity contribution in [3.63, 3.8) is 0 Å². The minimum atomic E-state index is 0.116. The summed E-state index contributed by atoms with van der Waals surface area (Å²) < 4.78 is 5.28. The zero-order valence-corrected chi connectivity index (χ0v) is 12.1. The van der Waals surface area contributed by atoms with E-state index in [1.807, 2.05) is 25.1 Å². The zero-order valence-electron chi connectivity index (χ0n) is 10.5. The Hall–Kier alpha value is -1.36. The lowest BCUT2D eigenvalue weighted by molar-refractivity contribution is 0.374. The maximum atomic E-state index is 5.88. The summed E-state index contributed by atoms with van der Waals surface area (Å²) in [6, 6.07) is 5.71. The molecular formula is C13H16BrN3O. The van der Waals surface area contributed by atoms with Crippen molar-refractivity contribution in [1.82, 2.24) is 10.1 Å². The van der Waals surface area contributed by atoms with Crippen molar-refractivity contribution in [3.05, 3.63) is 29.7 Å². The van der Waals surface area contributed by atoms with Gasteiger partial charge in [-0.05, 0) is 25.0 Å². The molecule has 1 unspecified atom stereocenters. The predicted octanol–water partition coefficient (Wildman–Crippen LogP) is 3.86. The molecule has 1 aromatic carbocycles. The lowest BCUT2D eigenvalue weighted by atomic mass is 10.1. The van der Waals surface area contributed by atoms with Crippen LogP contribution in [0.15, 0.2) is 22.7 Å². The lowest BCUT2D eigenvalue weighted by Gasteiger charge is -2.03. The zero-order chi connectivity index (χ0) is 13.1. The van der Waals surface area contributed by atoms with Crippen LogP contribution in [0.25, 0.3) is 11.4 Å². The van der Waals surface area contributed by atoms with Crippen molar-refractivity contribution >= 4 is 21.6 Å². The number of aromatic nitrogens is 2. The summed E-state index contributed by atoms with van der Waals surface area (Å²) in [6.07, 6.45) is 2.03. The number of nitrogens with two attached hydrogens (primary N) is 1. The second-order valence-corrected chi connectivity index (χ2v) is 5.34. The third kappa shape index (κ3) is 2.56. The maximum Gasteiger partial charge on any atom is 0.240 e. The van der Waals surface area contributed by atoms with Crippen LogP contribution in [0.2, 0.25) is 0 Å². The summed E-state index contributed by atoms with van der Waals surface area (Å²) in [5, 5.41) is 4.02. The van der Waals surface area contributed by atoms with Crippen molar-refractivity contribution in [2.45, 2.75) is 31.5 Å². The SMILES string of the molecule is CCCC(Br)c1nc(-c2cccc(N)c2C)no1. The molecule has 0 radical (unpaired) electrons. The molecule has 0 amide bonds. The second kappa shape index (κ2) is 5.52. The number of rotatable bonds is 4. The first kappa shape index (κ1) is 13.1. The van der Waals surface area contributed by atoms with E-state index < -0.39 is 0 Å². The van der Waals surface area contributed by atoms with Gasteiger partial charge in [-0.1, -0.05) is 46.6 Å². The Morgan fingerprint density at radius 3 is 2.94 bits per heavy atom. The molecule has 5 heteroatoms. The van der Waals surface area contributed by atoms with Crippen LogP contribution in [0, 0.1) is 6.92 Å². The summed E-state index contributed by atoms with van der Waals surface area (Å²) >= 11 is 3.54. The molecular weight excluding hydrogens is 294 g/mol. The normalized spacial score (nSPS) is 12.6. The average molecular weight is 310 g/mol. The van der Waals surface area contributed by atoms with Gasteiger partial charge in [0.25, 0.3) is 0 Å². The molecule has 0 saturated heterocycles. The molecule has 2 N–H and O–H groups in total. The molecule has 0 aliphatic heterocycles. The molecule has 0 saturated carbocycles. The molecule has 0 fully saturated rings. The number of halogens is 1. The van der Waals surface area contributed by atoms with Gasteiger partial charge in [-0.3, -0.25) is 0 Å². The molecule has 1 atom stereocenters. The van der Waals surface area contributed by atoms with Crippen molar-refractivity contribution in [2.75, 3.05) is 5.73 Å². The Kier molecular flexibility index (Phi) is 4.01. The predicted molar refractivity (Wildman–Crippen MR) is 75.5 cm³/mol.